The fourth-order valence-corrected chi connectivity index (χ4v) is 3.98. The molecule has 0 fully saturated rings. The molecule has 0 aliphatic rings. The molecule has 4 aromatic rings. The Labute approximate surface area is 198 Å². The first-order chi connectivity index (χ1) is 16.0. The monoisotopic (exact) mass is 463 g/mol. The zero-order valence-corrected chi connectivity index (χ0v) is 19.6. The summed E-state index contributed by atoms with van der Waals surface area (Å²) in [5.41, 5.74) is 4.17. The van der Waals surface area contributed by atoms with Crippen LogP contribution in [0.15, 0.2) is 60.7 Å². The van der Waals surface area contributed by atoms with Gasteiger partial charge in [0, 0.05) is 5.02 Å². The van der Waals surface area contributed by atoms with Crippen LogP contribution in [0.4, 0.5) is 5.69 Å². The van der Waals surface area contributed by atoms with E-state index in [0.29, 0.717) is 41.2 Å². The van der Waals surface area contributed by atoms with Crippen molar-refractivity contribution in [2.24, 2.45) is 0 Å². The van der Waals surface area contributed by atoms with Crippen LogP contribution in [0.25, 0.3) is 16.7 Å². The minimum absolute atomic E-state index is 0.0622. The van der Waals surface area contributed by atoms with Gasteiger partial charge in [-0.3, -0.25) is 9.36 Å². The molecular weight excluding hydrogens is 438 g/mol. The molecule has 1 amide bonds. The Morgan fingerprint density at radius 2 is 1.70 bits per heavy atom. The van der Waals surface area contributed by atoms with Crippen molar-refractivity contribution in [3.8, 4) is 17.2 Å². The van der Waals surface area contributed by atoms with Gasteiger partial charge in [-0.05, 0) is 62.7 Å². The molecule has 4 rings (SSSR count). The third-order valence-electron chi connectivity index (χ3n) is 5.21. The molecule has 6 nitrogen and oxygen atoms in total. The van der Waals surface area contributed by atoms with Crippen molar-refractivity contribution in [2.45, 2.75) is 27.2 Å². The van der Waals surface area contributed by atoms with E-state index in [2.05, 4.69) is 5.32 Å². The lowest BCUT2D eigenvalue weighted by atomic mass is 10.2. The number of nitrogens with one attached hydrogen (secondary N) is 1. The Hall–Kier alpha value is -3.51. The number of hydrogen-bond acceptors (Lipinski definition) is 4. The SMILES string of the molecule is CCOc1cccc(OCC)c1NC(=O)Cc1nc2ccc(Cl)cc2n1-c1ccccc1C. The van der Waals surface area contributed by atoms with E-state index in [0.717, 1.165) is 22.3 Å². The summed E-state index contributed by atoms with van der Waals surface area (Å²) in [4.78, 5) is 18.0. The molecular formula is C26H26ClN3O3. The average molecular weight is 464 g/mol. The van der Waals surface area contributed by atoms with Gasteiger partial charge >= 0.3 is 0 Å². The van der Waals surface area contributed by atoms with Crippen LogP contribution in [-0.2, 0) is 11.2 Å². The van der Waals surface area contributed by atoms with E-state index in [1.165, 1.54) is 0 Å². The van der Waals surface area contributed by atoms with Crippen LogP contribution in [0.2, 0.25) is 5.02 Å². The Bertz CT molecular complexity index is 1280. The molecule has 1 aromatic heterocycles. The lowest BCUT2D eigenvalue weighted by Gasteiger charge is -2.16. The summed E-state index contributed by atoms with van der Waals surface area (Å²) in [6.07, 6.45) is 0.0622. The molecule has 170 valence electrons. The quantitative estimate of drug-likeness (QED) is 0.350. The second-order valence-electron chi connectivity index (χ2n) is 7.50. The molecule has 1 heterocycles. The fourth-order valence-electron chi connectivity index (χ4n) is 3.81. The fraction of sp³-hybridized carbons (Fsp3) is 0.231. The smallest absolute Gasteiger partial charge is 0.232 e. The van der Waals surface area contributed by atoms with Crippen molar-refractivity contribution >= 4 is 34.2 Å². The zero-order valence-electron chi connectivity index (χ0n) is 18.9. The van der Waals surface area contributed by atoms with Crippen molar-refractivity contribution < 1.29 is 14.3 Å². The molecule has 1 N–H and O–H groups in total. The standard InChI is InChI=1S/C26H26ClN3O3/c1-4-32-22-11-8-12-23(33-5-2)26(22)29-25(31)16-24-28-19-14-13-18(27)15-21(19)30(24)20-10-7-6-9-17(20)3/h6-15H,4-5,16H2,1-3H3,(H,29,31). The van der Waals surface area contributed by atoms with Crippen molar-refractivity contribution in [2.75, 3.05) is 18.5 Å². The maximum Gasteiger partial charge on any atom is 0.232 e. The van der Waals surface area contributed by atoms with E-state index in [1.807, 2.05) is 79.9 Å². The van der Waals surface area contributed by atoms with Crippen molar-refractivity contribution in [3.05, 3.63) is 77.1 Å². The lowest BCUT2D eigenvalue weighted by Crippen LogP contribution is -2.18. The van der Waals surface area contributed by atoms with Gasteiger partial charge < -0.3 is 14.8 Å². The number of benzene rings is 3. The Morgan fingerprint density at radius 3 is 2.36 bits per heavy atom. The zero-order chi connectivity index (χ0) is 23.4. The van der Waals surface area contributed by atoms with Crippen LogP contribution >= 0.6 is 11.6 Å². The minimum atomic E-state index is -0.223. The molecule has 0 spiro atoms. The summed E-state index contributed by atoms with van der Waals surface area (Å²) in [5.74, 6) is 1.53. The number of ether oxygens (including phenoxy) is 2. The van der Waals surface area contributed by atoms with Crippen LogP contribution in [0.3, 0.4) is 0 Å². The number of fused-ring (bicyclic) bond motifs is 1. The highest BCUT2D eigenvalue weighted by atomic mass is 35.5. The number of imidazole rings is 1. The number of aryl methyl sites for hydroxylation is 1. The summed E-state index contributed by atoms with van der Waals surface area (Å²) < 4.78 is 13.4. The van der Waals surface area contributed by atoms with Gasteiger partial charge in [0.1, 0.15) is 23.0 Å². The first-order valence-electron chi connectivity index (χ1n) is 10.9. The van der Waals surface area contributed by atoms with Gasteiger partial charge in [-0.1, -0.05) is 35.9 Å². The van der Waals surface area contributed by atoms with Crippen LogP contribution in [-0.4, -0.2) is 28.7 Å². The number of amides is 1. The number of nitrogens with zero attached hydrogens (tertiary/aromatic N) is 2. The van der Waals surface area contributed by atoms with Gasteiger partial charge in [-0.25, -0.2) is 4.98 Å². The number of carbonyl (C=O) groups excluding carboxylic acids is 1. The average Bonchev–Trinajstić information content (AvgIpc) is 3.13. The molecule has 0 aliphatic carbocycles. The Morgan fingerprint density at radius 1 is 1.00 bits per heavy atom. The van der Waals surface area contributed by atoms with E-state index < -0.39 is 0 Å². The van der Waals surface area contributed by atoms with E-state index in [1.54, 1.807) is 6.07 Å². The van der Waals surface area contributed by atoms with Crippen LogP contribution in [0, 0.1) is 6.92 Å². The summed E-state index contributed by atoms with van der Waals surface area (Å²) >= 11 is 6.29. The summed E-state index contributed by atoms with van der Waals surface area (Å²) in [5, 5.41) is 3.59. The molecule has 7 heteroatoms. The second kappa shape index (κ2) is 9.96. The molecule has 3 aromatic carbocycles. The van der Waals surface area contributed by atoms with Gasteiger partial charge in [0.05, 0.1) is 36.4 Å². The number of para-hydroxylation sites is 2. The molecule has 0 aliphatic heterocycles. The van der Waals surface area contributed by atoms with Crippen molar-refractivity contribution in [1.82, 2.24) is 9.55 Å². The van der Waals surface area contributed by atoms with E-state index in [4.69, 9.17) is 26.1 Å². The molecule has 0 unspecified atom stereocenters. The van der Waals surface area contributed by atoms with Crippen LogP contribution in [0.1, 0.15) is 25.2 Å². The third kappa shape index (κ3) is 4.81. The molecule has 0 saturated heterocycles. The highest BCUT2D eigenvalue weighted by Crippen LogP contribution is 2.35. The number of carbonyl (C=O) groups is 1. The highest BCUT2D eigenvalue weighted by Gasteiger charge is 2.19. The maximum absolute atomic E-state index is 13.2. The predicted octanol–water partition coefficient (Wildman–Crippen LogP) is 5.97. The largest absolute Gasteiger partial charge is 0.492 e. The molecule has 0 bridgehead atoms. The molecule has 0 radical (unpaired) electrons. The van der Waals surface area contributed by atoms with Crippen LogP contribution in [0.5, 0.6) is 11.5 Å². The number of aromatic nitrogens is 2. The van der Waals surface area contributed by atoms with Gasteiger partial charge in [0.25, 0.3) is 0 Å². The number of anilines is 1. The van der Waals surface area contributed by atoms with Gasteiger partial charge in [0.15, 0.2) is 0 Å². The summed E-state index contributed by atoms with van der Waals surface area (Å²) in [7, 11) is 0. The second-order valence-corrected chi connectivity index (χ2v) is 7.94. The lowest BCUT2D eigenvalue weighted by molar-refractivity contribution is -0.115. The molecule has 33 heavy (non-hydrogen) atoms. The minimum Gasteiger partial charge on any atom is -0.492 e. The van der Waals surface area contributed by atoms with E-state index in [9.17, 15) is 4.79 Å². The number of hydrogen-bond donors (Lipinski definition) is 1. The third-order valence-corrected chi connectivity index (χ3v) is 5.45. The van der Waals surface area contributed by atoms with E-state index in [-0.39, 0.29) is 12.3 Å². The van der Waals surface area contributed by atoms with Crippen molar-refractivity contribution in [3.63, 3.8) is 0 Å². The number of halogens is 1. The Balaban J connectivity index is 1.73. The maximum atomic E-state index is 13.2. The summed E-state index contributed by atoms with van der Waals surface area (Å²) in [6.45, 7) is 6.77. The Kier molecular flexibility index (Phi) is 6.84. The molecule has 0 atom stereocenters. The van der Waals surface area contributed by atoms with Gasteiger partial charge in [-0.2, -0.15) is 0 Å². The van der Waals surface area contributed by atoms with E-state index >= 15 is 0 Å². The highest BCUT2D eigenvalue weighted by molar-refractivity contribution is 6.31. The first kappa shape index (κ1) is 22.7. The van der Waals surface area contributed by atoms with Crippen molar-refractivity contribution in [1.29, 1.82) is 0 Å². The number of rotatable bonds is 8. The molecule has 0 saturated carbocycles. The first-order valence-corrected chi connectivity index (χ1v) is 11.3. The van der Waals surface area contributed by atoms with Gasteiger partial charge in [-0.15, -0.1) is 0 Å². The van der Waals surface area contributed by atoms with Gasteiger partial charge in [0.2, 0.25) is 5.91 Å². The van der Waals surface area contributed by atoms with Crippen LogP contribution < -0.4 is 14.8 Å². The topological polar surface area (TPSA) is 65.4 Å². The predicted molar refractivity (Wildman–Crippen MR) is 132 cm³/mol. The normalized spacial score (nSPS) is 10.9. The summed E-state index contributed by atoms with van der Waals surface area (Å²) in [6, 6.07) is 19.0.